The first kappa shape index (κ1) is 11.0. The molecule has 0 bridgehead atoms. The zero-order valence-corrected chi connectivity index (χ0v) is 9.65. The molecule has 0 aliphatic carbocycles. The van der Waals surface area contributed by atoms with Crippen molar-refractivity contribution in [1.82, 2.24) is 19.8 Å². The van der Waals surface area contributed by atoms with Crippen LogP contribution in [0, 0.1) is 0 Å². The summed E-state index contributed by atoms with van der Waals surface area (Å²) in [4.78, 5) is 12.0. The van der Waals surface area contributed by atoms with E-state index in [4.69, 9.17) is 9.47 Å². The smallest absolute Gasteiger partial charge is 0.369 e. The van der Waals surface area contributed by atoms with Gasteiger partial charge in [0.25, 0.3) is 0 Å². The number of nitrogens with zero attached hydrogens (tertiary/aromatic N) is 4. The van der Waals surface area contributed by atoms with Crippen LogP contribution >= 0.6 is 11.3 Å². The fraction of sp³-hybridized carbons (Fsp3) is 0.500. The molecule has 2 rings (SSSR count). The van der Waals surface area contributed by atoms with E-state index < -0.39 is 5.97 Å². The van der Waals surface area contributed by atoms with Crippen molar-refractivity contribution in [3.63, 3.8) is 0 Å². The molecule has 0 amide bonds. The molecule has 0 radical (unpaired) electrons. The third-order valence-electron chi connectivity index (χ3n) is 1.78. The molecular weight excluding hydrogens is 232 g/mol. The predicted octanol–water partition coefficient (Wildman–Crippen LogP) is 0.509. The second kappa shape index (κ2) is 4.54. The number of hydrogen-bond acceptors (Lipinski definition) is 7. The van der Waals surface area contributed by atoms with Gasteiger partial charge in [0.2, 0.25) is 9.97 Å². The van der Waals surface area contributed by atoms with E-state index in [1.54, 1.807) is 14.0 Å². The Hall–Kier alpha value is -1.54. The lowest BCUT2D eigenvalue weighted by atomic mass is 10.7. The second-order valence-corrected chi connectivity index (χ2v) is 3.83. The Balaban J connectivity index is 2.33. The van der Waals surface area contributed by atoms with Crippen molar-refractivity contribution < 1.29 is 14.3 Å². The molecule has 0 aliphatic rings. The predicted molar refractivity (Wildman–Crippen MR) is 55.3 cm³/mol. The Morgan fingerprint density at radius 3 is 3.00 bits per heavy atom. The van der Waals surface area contributed by atoms with Crippen LogP contribution in [0.4, 0.5) is 0 Å². The molecule has 0 saturated heterocycles. The first-order valence-corrected chi connectivity index (χ1v) is 5.45. The number of aromatic nitrogens is 4. The molecule has 16 heavy (non-hydrogen) atoms. The largest absolute Gasteiger partial charge is 0.461 e. The highest BCUT2D eigenvalue weighted by molar-refractivity contribution is 7.18. The fourth-order valence-corrected chi connectivity index (χ4v) is 1.90. The zero-order valence-electron chi connectivity index (χ0n) is 8.84. The first-order valence-electron chi connectivity index (χ1n) is 4.63. The molecule has 0 unspecified atom stereocenters. The van der Waals surface area contributed by atoms with Gasteiger partial charge < -0.3 is 9.47 Å². The Bertz CT molecular complexity index is 506. The van der Waals surface area contributed by atoms with E-state index >= 15 is 0 Å². The topological polar surface area (TPSA) is 78.6 Å². The molecule has 0 N–H and O–H groups in total. The minimum atomic E-state index is -0.443. The van der Waals surface area contributed by atoms with E-state index in [0.29, 0.717) is 24.0 Å². The number of fused-ring (bicyclic) bond motifs is 1. The molecule has 2 aromatic rings. The number of methoxy groups -OCH3 is 1. The fourth-order valence-electron chi connectivity index (χ4n) is 1.15. The summed E-state index contributed by atoms with van der Waals surface area (Å²) < 4.78 is 11.3. The van der Waals surface area contributed by atoms with Crippen LogP contribution in [0.5, 0.6) is 0 Å². The van der Waals surface area contributed by atoms with Gasteiger partial charge in [0.15, 0.2) is 5.82 Å². The van der Waals surface area contributed by atoms with Gasteiger partial charge in [-0.25, -0.2) is 4.79 Å². The molecule has 7 nitrogen and oxygen atoms in total. The van der Waals surface area contributed by atoms with Crippen molar-refractivity contribution in [2.45, 2.75) is 13.5 Å². The molecule has 8 heteroatoms. The van der Waals surface area contributed by atoms with Crippen LogP contribution in [0.1, 0.15) is 22.6 Å². The first-order chi connectivity index (χ1) is 7.76. The summed E-state index contributed by atoms with van der Waals surface area (Å²) in [6.45, 7) is 2.37. The maximum atomic E-state index is 11.4. The highest BCUT2D eigenvalue weighted by atomic mass is 32.1. The van der Waals surface area contributed by atoms with Gasteiger partial charge in [0.05, 0.1) is 6.61 Å². The van der Waals surface area contributed by atoms with Crippen molar-refractivity contribution in [2.24, 2.45) is 0 Å². The van der Waals surface area contributed by atoms with Crippen molar-refractivity contribution in [3.05, 3.63) is 10.8 Å². The number of hydrogen-bond donors (Lipinski definition) is 0. The van der Waals surface area contributed by atoms with Gasteiger partial charge in [0, 0.05) is 7.11 Å². The SMILES string of the molecule is CCOC(=O)c1nn2c(COC)nnc2s1. The van der Waals surface area contributed by atoms with Crippen LogP contribution in [0.2, 0.25) is 0 Å². The van der Waals surface area contributed by atoms with Crippen LogP contribution in [0.25, 0.3) is 4.96 Å². The van der Waals surface area contributed by atoms with Crippen LogP contribution < -0.4 is 0 Å². The molecular formula is C8H10N4O3S. The van der Waals surface area contributed by atoms with Gasteiger partial charge in [-0.05, 0) is 6.92 Å². The number of carbonyl (C=O) groups is 1. The molecule has 0 fully saturated rings. The lowest BCUT2D eigenvalue weighted by molar-refractivity contribution is 0.0524. The summed E-state index contributed by atoms with van der Waals surface area (Å²) in [6, 6.07) is 0. The van der Waals surface area contributed by atoms with E-state index in [9.17, 15) is 4.79 Å². The quantitative estimate of drug-likeness (QED) is 0.727. The van der Waals surface area contributed by atoms with Crippen LogP contribution in [0.15, 0.2) is 0 Å². The van der Waals surface area contributed by atoms with Crippen molar-refractivity contribution >= 4 is 22.3 Å². The summed E-state index contributed by atoms with van der Waals surface area (Å²) in [7, 11) is 1.56. The Labute approximate surface area is 95.0 Å². The Morgan fingerprint density at radius 1 is 1.50 bits per heavy atom. The molecule has 0 aliphatic heterocycles. The number of esters is 1. The van der Waals surface area contributed by atoms with Gasteiger partial charge in [-0.2, -0.15) is 4.52 Å². The molecule has 0 aromatic carbocycles. The highest BCUT2D eigenvalue weighted by Gasteiger charge is 2.17. The lowest BCUT2D eigenvalue weighted by Crippen LogP contribution is -2.06. The Kier molecular flexibility index (Phi) is 3.11. The van der Waals surface area contributed by atoms with Gasteiger partial charge in [-0.3, -0.25) is 0 Å². The van der Waals surface area contributed by atoms with Crippen LogP contribution in [-0.4, -0.2) is 39.5 Å². The van der Waals surface area contributed by atoms with Gasteiger partial charge in [-0.15, -0.1) is 15.3 Å². The zero-order chi connectivity index (χ0) is 11.5. The van der Waals surface area contributed by atoms with E-state index in [0.717, 1.165) is 11.3 Å². The van der Waals surface area contributed by atoms with Crippen molar-refractivity contribution in [3.8, 4) is 0 Å². The van der Waals surface area contributed by atoms with E-state index in [-0.39, 0.29) is 5.01 Å². The summed E-state index contributed by atoms with van der Waals surface area (Å²) >= 11 is 1.14. The number of ether oxygens (including phenoxy) is 2. The highest BCUT2D eigenvalue weighted by Crippen LogP contribution is 2.15. The molecule has 86 valence electrons. The third-order valence-corrected chi connectivity index (χ3v) is 2.66. The maximum absolute atomic E-state index is 11.4. The van der Waals surface area contributed by atoms with Crippen molar-refractivity contribution in [1.29, 1.82) is 0 Å². The van der Waals surface area contributed by atoms with E-state index in [1.807, 2.05) is 0 Å². The third kappa shape index (κ3) is 1.89. The van der Waals surface area contributed by atoms with E-state index in [1.165, 1.54) is 4.52 Å². The molecule has 2 heterocycles. The Morgan fingerprint density at radius 2 is 2.31 bits per heavy atom. The summed E-state index contributed by atoms with van der Waals surface area (Å²) in [5.41, 5.74) is 0. The summed E-state index contributed by atoms with van der Waals surface area (Å²) in [6.07, 6.45) is 0. The summed E-state index contributed by atoms with van der Waals surface area (Å²) in [5.74, 6) is 0.116. The normalized spacial score (nSPS) is 10.9. The van der Waals surface area contributed by atoms with Gasteiger partial charge in [-0.1, -0.05) is 11.3 Å². The lowest BCUT2D eigenvalue weighted by Gasteiger charge is -1.95. The molecule has 0 saturated carbocycles. The minimum Gasteiger partial charge on any atom is -0.461 e. The number of rotatable bonds is 4. The minimum absolute atomic E-state index is 0.268. The van der Waals surface area contributed by atoms with Gasteiger partial charge >= 0.3 is 5.97 Å². The number of carbonyl (C=O) groups excluding carboxylic acids is 1. The molecule has 2 aromatic heterocycles. The summed E-state index contributed by atoms with van der Waals surface area (Å²) in [5, 5.41) is 12.1. The second-order valence-electron chi connectivity index (χ2n) is 2.87. The van der Waals surface area contributed by atoms with Crippen LogP contribution in [-0.2, 0) is 16.1 Å². The maximum Gasteiger partial charge on any atom is 0.369 e. The molecule has 0 atom stereocenters. The average molecular weight is 242 g/mol. The molecule has 0 spiro atoms. The average Bonchev–Trinajstić information content (AvgIpc) is 2.81. The standard InChI is InChI=1S/C8H10N4O3S/c1-3-15-7(13)6-11-12-5(4-14-2)9-10-8(12)16-6/h3-4H2,1-2H3. The van der Waals surface area contributed by atoms with E-state index in [2.05, 4.69) is 15.3 Å². The van der Waals surface area contributed by atoms with Gasteiger partial charge in [0.1, 0.15) is 6.61 Å². The monoisotopic (exact) mass is 242 g/mol. The van der Waals surface area contributed by atoms with Crippen molar-refractivity contribution in [2.75, 3.05) is 13.7 Å². The van der Waals surface area contributed by atoms with Crippen LogP contribution in [0.3, 0.4) is 0 Å².